The van der Waals surface area contributed by atoms with Gasteiger partial charge in [-0.15, -0.1) is 0 Å². The van der Waals surface area contributed by atoms with Crippen LogP contribution in [0, 0.1) is 0 Å². The number of rotatable bonds is 6. The minimum atomic E-state index is -4.87. The number of hydrogen-bond acceptors (Lipinski definition) is 6. The Hall–Kier alpha value is -3.09. The third-order valence-corrected chi connectivity index (χ3v) is 6.01. The molecule has 0 spiro atoms. The van der Waals surface area contributed by atoms with E-state index >= 15 is 0 Å². The van der Waals surface area contributed by atoms with Crippen molar-refractivity contribution in [2.45, 2.75) is 11.1 Å². The lowest BCUT2D eigenvalue weighted by Crippen LogP contribution is -2.19. The van der Waals surface area contributed by atoms with Crippen molar-refractivity contribution in [2.75, 3.05) is 11.8 Å². The number of nitrogens with one attached hydrogen (secondary N) is 2. The predicted molar refractivity (Wildman–Crippen MR) is 116 cm³/mol. The van der Waals surface area contributed by atoms with E-state index in [1.54, 1.807) is 0 Å². The van der Waals surface area contributed by atoms with Crippen LogP contribution in [0.2, 0.25) is 10.0 Å². The van der Waals surface area contributed by atoms with E-state index in [0.29, 0.717) is 6.07 Å². The van der Waals surface area contributed by atoms with Crippen molar-refractivity contribution in [1.29, 1.82) is 0 Å². The number of anilines is 1. The van der Waals surface area contributed by atoms with Gasteiger partial charge in [0.2, 0.25) is 5.56 Å². The van der Waals surface area contributed by atoms with Gasteiger partial charge in [0.1, 0.15) is 18.5 Å². The van der Waals surface area contributed by atoms with Crippen LogP contribution in [-0.2, 0) is 21.0 Å². The summed E-state index contributed by atoms with van der Waals surface area (Å²) in [6.07, 6.45) is -2.35. The lowest BCUT2D eigenvalue weighted by Gasteiger charge is -2.15. The van der Waals surface area contributed by atoms with Gasteiger partial charge < -0.3 is 9.82 Å². The molecule has 2 N–H and O–H groups in total. The SMILES string of the molecule is CO/N=C(/c1cc[nH]c(=O)c1)c1ncc(Cl)cc1NS(=O)(=O)c1ccc(Cl)c(C(F)(F)F)c1. The highest BCUT2D eigenvalue weighted by Crippen LogP contribution is 2.36. The highest BCUT2D eigenvalue weighted by Gasteiger charge is 2.34. The van der Waals surface area contributed by atoms with Gasteiger partial charge in [-0.25, -0.2) is 8.42 Å². The summed E-state index contributed by atoms with van der Waals surface area (Å²) in [5.41, 5.74) is -1.93. The molecule has 33 heavy (non-hydrogen) atoms. The summed E-state index contributed by atoms with van der Waals surface area (Å²) in [4.78, 5) is 22.3. The maximum absolute atomic E-state index is 13.2. The van der Waals surface area contributed by atoms with Crippen LogP contribution in [-0.4, -0.2) is 31.2 Å². The van der Waals surface area contributed by atoms with Crippen LogP contribution in [0.3, 0.4) is 0 Å². The molecule has 0 unspecified atom stereocenters. The topological polar surface area (TPSA) is 114 Å². The average molecular weight is 521 g/mol. The number of sulfonamides is 1. The van der Waals surface area contributed by atoms with Crippen molar-refractivity contribution in [3.63, 3.8) is 0 Å². The summed E-state index contributed by atoms with van der Waals surface area (Å²) < 4.78 is 67.5. The van der Waals surface area contributed by atoms with Crippen LogP contribution in [0.15, 0.2) is 63.6 Å². The Morgan fingerprint density at radius 3 is 2.55 bits per heavy atom. The molecular formula is C19H13Cl2F3N4O4S. The van der Waals surface area contributed by atoms with Crippen LogP contribution in [0.5, 0.6) is 0 Å². The number of aromatic amines is 1. The normalized spacial score (nSPS) is 12.5. The first-order valence-electron chi connectivity index (χ1n) is 8.78. The van der Waals surface area contributed by atoms with Crippen LogP contribution < -0.4 is 10.3 Å². The summed E-state index contributed by atoms with van der Waals surface area (Å²) in [6.45, 7) is 0. The molecule has 0 atom stereocenters. The second-order valence-electron chi connectivity index (χ2n) is 6.36. The number of halogens is 5. The second-order valence-corrected chi connectivity index (χ2v) is 8.88. The van der Waals surface area contributed by atoms with E-state index in [1.807, 2.05) is 0 Å². The van der Waals surface area contributed by atoms with E-state index in [9.17, 15) is 26.4 Å². The smallest absolute Gasteiger partial charge is 0.399 e. The zero-order valence-electron chi connectivity index (χ0n) is 16.4. The van der Waals surface area contributed by atoms with Crippen molar-refractivity contribution in [2.24, 2.45) is 5.16 Å². The van der Waals surface area contributed by atoms with Crippen molar-refractivity contribution >= 4 is 44.6 Å². The molecule has 0 aliphatic carbocycles. The van der Waals surface area contributed by atoms with E-state index in [1.165, 1.54) is 37.7 Å². The lowest BCUT2D eigenvalue weighted by atomic mass is 10.1. The molecule has 0 aliphatic rings. The predicted octanol–water partition coefficient (Wildman–Crippen LogP) is 4.30. The summed E-state index contributed by atoms with van der Waals surface area (Å²) in [6, 6.07) is 5.95. The highest BCUT2D eigenvalue weighted by atomic mass is 35.5. The zero-order chi connectivity index (χ0) is 24.4. The fourth-order valence-corrected chi connectivity index (χ4v) is 4.18. The van der Waals surface area contributed by atoms with Gasteiger partial charge in [0.05, 0.1) is 26.2 Å². The third-order valence-electron chi connectivity index (χ3n) is 4.11. The van der Waals surface area contributed by atoms with E-state index in [2.05, 4.69) is 19.8 Å². The minimum absolute atomic E-state index is 0.0196. The Balaban J connectivity index is 2.12. The molecule has 0 saturated heterocycles. The monoisotopic (exact) mass is 520 g/mol. The molecule has 2 aromatic heterocycles. The van der Waals surface area contributed by atoms with Gasteiger partial charge in [0.25, 0.3) is 10.0 Å². The molecule has 8 nitrogen and oxygen atoms in total. The number of oxime groups is 1. The van der Waals surface area contributed by atoms with E-state index in [-0.39, 0.29) is 27.7 Å². The number of nitrogens with zero attached hydrogens (tertiary/aromatic N) is 2. The maximum atomic E-state index is 13.2. The van der Waals surface area contributed by atoms with Crippen LogP contribution >= 0.6 is 23.2 Å². The Kier molecular flexibility index (Phi) is 7.00. The van der Waals surface area contributed by atoms with Gasteiger partial charge in [0.15, 0.2) is 0 Å². The number of pyridine rings is 2. The molecule has 0 radical (unpaired) electrons. The Bertz CT molecular complexity index is 1390. The lowest BCUT2D eigenvalue weighted by molar-refractivity contribution is -0.137. The minimum Gasteiger partial charge on any atom is -0.399 e. The van der Waals surface area contributed by atoms with Gasteiger partial charge in [-0.2, -0.15) is 13.2 Å². The Labute approximate surface area is 195 Å². The standard InChI is InChI=1S/C19H13Cl2F3N4O4S/c1-32-27-17(10-4-5-25-16(29)6-10)18-15(7-11(20)9-26-18)28-33(30,31)12-2-3-14(21)13(8-12)19(22,23)24/h2-9,28H,1H3,(H,25,29)/b27-17-. The van der Waals surface area contributed by atoms with Crippen LogP contribution in [0.25, 0.3) is 0 Å². The molecular weight excluding hydrogens is 508 g/mol. The third kappa shape index (κ3) is 5.64. The van der Waals surface area contributed by atoms with Gasteiger partial charge in [-0.1, -0.05) is 28.4 Å². The first-order valence-corrected chi connectivity index (χ1v) is 11.0. The number of aromatic nitrogens is 2. The Morgan fingerprint density at radius 2 is 1.91 bits per heavy atom. The molecule has 3 aromatic rings. The van der Waals surface area contributed by atoms with Gasteiger partial charge >= 0.3 is 6.18 Å². The summed E-state index contributed by atoms with van der Waals surface area (Å²) in [7, 11) is -3.34. The Morgan fingerprint density at radius 1 is 1.18 bits per heavy atom. The summed E-state index contributed by atoms with van der Waals surface area (Å²) >= 11 is 11.5. The quantitative estimate of drug-likeness (QED) is 0.371. The number of hydrogen-bond donors (Lipinski definition) is 2. The first kappa shape index (κ1) is 24.6. The summed E-state index contributed by atoms with van der Waals surface area (Å²) in [5.74, 6) is 0. The zero-order valence-corrected chi connectivity index (χ0v) is 18.8. The van der Waals surface area contributed by atoms with E-state index in [4.69, 9.17) is 28.0 Å². The molecule has 0 aliphatic heterocycles. The molecule has 0 fully saturated rings. The molecule has 1 aromatic carbocycles. The van der Waals surface area contributed by atoms with Crippen LogP contribution in [0.4, 0.5) is 18.9 Å². The van der Waals surface area contributed by atoms with Crippen molar-refractivity contribution in [3.05, 3.63) is 86.0 Å². The number of H-pyrrole nitrogens is 1. The molecule has 14 heteroatoms. The van der Waals surface area contributed by atoms with Crippen molar-refractivity contribution in [3.8, 4) is 0 Å². The molecule has 3 rings (SSSR count). The fourth-order valence-electron chi connectivity index (χ4n) is 2.71. The van der Waals surface area contributed by atoms with Gasteiger partial charge in [-0.05, 0) is 30.3 Å². The van der Waals surface area contributed by atoms with Crippen LogP contribution in [0.1, 0.15) is 16.8 Å². The fraction of sp³-hybridized carbons (Fsp3) is 0.105. The highest BCUT2D eigenvalue weighted by molar-refractivity contribution is 7.92. The van der Waals surface area contributed by atoms with Crippen molar-refractivity contribution in [1.82, 2.24) is 9.97 Å². The molecule has 174 valence electrons. The molecule has 2 heterocycles. The largest absolute Gasteiger partial charge is 0.417 e. The maximum Gasteiger partial charge on any atom is 0.417 e. The van der Waals surface area contributed by atoms with E-state index < -0.39 is 37.2 Å². The summed E-state index contributed by atoms with van der Waals surface area (Å²) in [5, 5.41) is 3.18. The van der Waals surface area contributed by atoms with E-state index in [0.717, 1.165) is 12.1 Å². The molecule has 0 bridgehead atoms. The number of alkyl halides is 3. The van der Waals surface area contributed by atoms with Gasteiger partial charge in [-0.3, -0.25) is 14.5 Å². The molecule has 0 amide bonds. The van der Waals surface area contributed by atoms with Crippen molar-refractivity contribution < 1.29 is 26.4 Å². The first-order chi connectivity index (χ1) is 15.4. The average Bonchev–Trinajstić information content (AvgIpc) is 2.71. The number of benzene rings is 1. The molecule has 0 saturated carbocycles. The van der Waals surface area contributed by atoms with Gasteiger partial charge in [0, 0.05) is 24.0 Å². The second kappa shape index (κ2) is 9.41.